The summed E-state index contributed by atoms with van der Waals surface area (Å²) in [4.78, 5) is 0.0361. The molecule has 3 atom stereocenters. The minimum Gasteiger partial charge on any atom is -0.381 e. The van der Waals surface area contributed by atoms with Gasteiger partial charge in [0.15, 0.2) is 0 Å². The second kappa shape index (κ2) is 6.37. The number of aryl methyl sites for hydroxylation is 1. The zero-order valence-electron chi connectivity index (χ0n) is 14.3. The van der Waals surface area contributed by atoms with Crippen LogP contribution in [0.3, 0.4) is 0 Å². The molecule has 1 aromatic rings. The molecular formula is C17H24FNO4S. The minimum atomic E-state index is -3.78. The van der Waals surface area contributed by atoms with Crippen LogP contribution in [0.4, 0.5) is 4.39 Å². The third kappa shape index (κ3) is 2.77. The maximum Gasteiger partial charge on any atom is 0.243 e. The molecule has 1 heterocycles. The number of sulfonamides is 1. The van der Waals surface area contributed by atoms with E-state index in [0.717, 1.165) is 18.9 Å². The highest BCUT2D eigenvalue weighted by Crippen LogP contribution is 2.45. The lowest BCUT2D eigenvalue weighted by atomic mass is 9.79. The Morgan fingerprint density at radius 1 is 1.29 bits per heavy atom. The fourth-order valence-electron chi connectivity index (χ4n) is 4.10. The highest BCUT2D eigenvalue weighted by Gasteiger charge is 2.54. The maximum absolute atomic E-state index is 13.6. The van der Waals surface area contributed by atoms with Gasteiger partial charge < -0.3 is 9.47 Å². The zero-order chi connectivity index (χ0) is 17.5. The van der Waals surface area contributed by atoms with Crippen LogP contribution in [0, 0.1) is 12.7 Å². The van der Waals surface area contributed by atoms with Crippen molar-refractivity contribution in [3.63, 3.8) is 0 Å². The van der Waals surface area contributed by atoms with Crippen molar-refractivity contribution in [1.29, 1.82) is 0 Å². The molecule has 0 bridgehead atoms. The molecule has 1 aromatic carbocycles. The SMILES string of the molecule is CO[C@@H]1CC[C@@]2(OC)CCN(S(=O)(=O)c3cc(F)ccc3C)[C@H]2C1. The first-order valence-electron chi connectivity index (χ1n) is 8.20. The quantitative estimate of drug-likeness (QED) is 0.831. The Morgan fingerprint density at radius 3 is 2.71 bits per heavy atom. The molecule has 0 radical (unpaired) electrons. The van der Waals surface area contributed by atoms with Gasteiger partial charge in [-0.05, 0) is 50.3 Å². The summed E-state index contributed by atoms with van der Waals surface area (Å²) in [6.45, 7) is 2.07. The molecule has 1 saturated carbocycles. The van der Waals surface area contributed by atoms with E-state index in [-0.39, 0.29) is 17.0 Å². The van der Waals surface area contributed by atoms with Gasteiger partial charge in [0.05, 0.1) is 22.6 Å². The van der Waals surface area contributed by atoms with Gasteiger partial charge in [-0.2, -0.15) is 4.31 Å². The summed E-state index contributed by atoms with van der Waals surface area (Å²) in [5.41, 5.74) is 0.0778. The summed E-state index contributed by atoms with van der Waals surface area (Å²) in [5.74, 6) is -0.546. The highest BCUT2D eigenvalue weighted by molar-refractivity contribution is 7.89. The van der Waals surface area contributed by atoms with Gasteiger partial charge >= 0.3 is 0 Å². The predicted molar refractivity (Wildman–Crippen MR) is 87.8 cm³/mol. The number of nitrogens with zero attached hydrogens (tertiary/aromatic N) is 1. The van der Waals surface area contributed by atoms with E-state index in [9.17, 15) is 12.8 Å². The van der Waals surface area contributed by atoms with Gasteiger partial charge in [0, 0.05) is 20.8 Å². The van der Waals surface area contributed by atoms with Gasteiger partial charge in [-0.3, -0.25) is 0 Å². The van der Waals surface area contributed by atoms with Crippen LogP contribution in [0.1, 0.15) is 31.2 Å². The first-order chi connectivity index (χ1) is 11.3. The Kier molecular flexibility index (Phi) is 4.72. The third-order valence-electron chi connectivity index (χ3n) is 5.56. The van der Waals surface area contributed by atoms with Crippen molar-refractivity contribution in [3.8, 4) is 0 Å². The Balaban J connectivity index is 2.00. The number of rotatable bonds is 4. The van der Waals surface area contributed by atoms with Crippen LogP contribution in [-0.2, 0) is 19.5 Å². The predicted octanol–water partition coefficient (Wildman–Crippen LogP) is 2.48. The molecule has 134 valence electrons. The lowest BCUT2D eigenvalue weighted by Crippen LogP contribution is -2.53. The number of halogens is 1. The van der Waals surface area contributed by atoms with Crippen LogP contribution in [0.5, 0.6) is 0 Å². The van der Waals surface area contributed by atoms with Crippen molar-refractivity contribution in [3.05, 3.63) is 29.6 Å². The smallest absolute Gasteiger partial charge is 0.243 e. The van der Waals surface area contributed by atoms with Crippen LogP contribution >= 0.6 is 0 Å². The molecule has 1 aliphatic carbocycles. The van der Waals surface area contributed by atoms with Crippen molar-refractivity contribution >= 4 is 10.0 Å². The normalized spacial score (nSPS) is 31.2. The van der Waals surface area contributed by atoms with E-state index in [1.54, 1.807) is 21.1 Å². The van der Waals surface area contributed by atoms with E-state index in [2.05, 4.69) is 0 Å². The molecule has 1 aliphatic heterocycles. The van der Waals surface area contributed by atoms with Crippen molar-refractivity contribution in [2.75, 3.05) is 20.8 Å². The third-order valence-corrected chi connectivity index (χ3v) is 7.61. The molecule has 0 N–H and O–H groups in total. The topological polar surface area (TPSA) is 55.8 Å². The molecule has 0 unspecified atom stereocenters. The fourth-order valence-corrected chi connectivity index (χ4v) is 6.03. The summed E-state index contributed by atoms with van der Waals surface area (Å²) < 4.78 is 52.7. The average Bonchev–Trinajstić information content (AvgIpc) is 2.96. The van der Waals surface area contributed by atoms with Crippen LogP contribution in [0.2, 0.25) is 0 Å². The molecular weight excluding hydrogens is 333 g/mol. The summed E-state index contributed by atoms with van der Waals surface area (Å²) in [5, 5.41) is 0. The Labute approximate surface area is 142 Å². The van der Waals surface area contributed by atoms with Crippen molar-refractivity contribution in [2.45, 2.75) is 55.2 Å². The van der Waals surface area contributed by atoms with Crippen LogP contribution in [-0.4, -0.2) is 51.2 Å². The average molecular weight is 357 g/mol. The first-order valence-corrected chi connectivity index (χ1v) is 9.64. The van der Waals surface area contributed by atoms with Gasteiger partial charge in [0.25, 0.3) is 0 Å². The standard InChI is InChI=1S/C17H24FNO4S/c1-12-4-5-13(18)10-15(12)24(20,21)19-9-8-17(23-3)7-6-14(22-2)11-16(17)19/h4-5,10,14,16H,6-9,11H2,1-3H3/t14-,16+,17-/m1/s1. The van der Waals surface area contributed by atoms with Gasteiger partial charge in [-0.15, -0.1) is 0 Å². The monoisotopic (exact) mass is 357 g/mol. The van der Waals surface area contributed by atoms with Crippen molar-refractivity contribution < 1.29 is 22.3 Å². The van der Waals surface area contributed by atoms with Crippen LogP contribution in [0.25, 0.3) is 0 Å². The summed E-state index contributed by atoms with van der Waals surface area (Å²) in [6.07, 6.45) is 2.88. The number of methoxy groups -OCH3 is 2. The minimum absolute atomic E-state index is 0.0164. The van der Waals surface area contributed by atoms with Crippen LogP contribution in [0.15, 0.2) is 23.1 Å². The lowest BCUT2D eigenvalue weighted by Gasteiger charge is -2.42. The first kappa shape index (κ1) is 17.8. The number of hydrogen-bond donors (Lipinski definition) is 0. The number of benzene rings is 1. The second-order valence-electron chi connectivity index (χ2n) is 6.69. The van der Waals surface area contributed by atoms with Crippen molar-refractivity contribution in [1.82, 2.24) is 4.31 Å². The molecule has 1 saturated heterocycles. The van der Waals surface area contributed by atoms with Crippen LogP contribution < -0.4 is 0 Å². The summed E-state index contributed by atoms with van der Waals surface area (Å²) in [6, 6.07) is 3.60. The molecule has 2 aliphatic rings. The lowest BCUT2D eigenvalue weighted by molar-refractivity contribution is -0.0847. The fraction of sp³-hybridized carbons (Fsp3) is 0.647. The van der Waals surface area contributed by atoms with E-state index in [4.69, 9.17) is 9.47 Å². The number of fused-ring (bicyclic) bond motifs is 1. The second-order valence-corrected chi connectivity index (χ2v) is 8.55. The molecule has 5 nitrogen and oxygen atoms in total. The van der Waals surface area contributed by atoms with E-state index in [1.807, 2.05) is 0 Å². The molecule has 0 aromatic heterocycles. The summed E-state index contributed by atoms with van der Waals surface area (Å²) >= 11 is 0. The van der Waals surface area contributed by atoms with Gasteiger partial charge in [-0.1, -0.05) is 6.07 Å². The maximum atomic E-state index is 13.6. The number of ether oxygens (including phenoxy) is 2. The van der Waals surface area contributed by atoms with Gasteiger partial charge in [-0.25, -0.2) is 12.8 Å². The molecule has 7 heteroatoms. The molecule has 24 heavy (non-hydrogen) atoms. The van der Waals surface area contributed by atoms with Gasteiger partial charge in [0.2, 0.25) is 10.0 Å². The molecule has 0 amide bonds. The Hall–Kier alpha value is -1.02. The number of hydrogen-bond acceptors (Lipinski definition) is 4. The zero-order valence-corrected chi connectivity index (χ0v) is 15.1. The largest absolute Gasteiger partial charge is 0.381 e. The van der Waals surface area contributed by atoms with Gasteiger partial charge in [0.1, 0.15) is 5.82 Å². The van der Waals surface area contributed by atoms with Crippen molar-refractivity contribution in [2.24, 2.45) is 0 Å². The highest BCUT2D eigenvalue weighted by atomic mass is 32.2. The Morgan fingerprint density at radius 2 is 2.04 bits per heavy atom. The summed E-state index contributed by atoms with van der Waals surface area (Å²) in [7, 11) is -0.494. The molecule has 3 rings (SSSR count). The van der Waals surface area contributed by atoms with E-state index >= 15 is 0 Å². The van der Waals surface area contributed by atoms with E-state index in [0.29, 0.717) is 24.9 Å². The van der Waals surface area contributed by atoms with E-state index < -0.39 is 21.4 Å². The van der Waals surface area contributed by atoms with E-state index in [1.165, 1.54) is 16.4 Å². The molecule has 0 spiro atoms. The Bertz CT molecular complexity index is 723. The molecule has 2 fully saturated rings.